The Bertz CT molecular complexity index is 781. The van der Waals surface area contributed by atoms with Crippen LogP contribution in [0.25, 0.3) is 11.5 Å². The van der Waals surface area contributed by atoms with Crippen LogP contribution in [0.4, 0.5) is 13.2 Å². The fourth-order valence-electron chi connectivity index (χ4n) is 1.66. The molecule has 3 rings (SSSR count). The van der Waals surface area contributed by atoms with Crippen molar-refractivity contribution in [3.8, 4) is 11.5 Å². The Balaban J connectivity index is 1.83. The van der Waals surface area contributed by atoms with Gasteiger partial charge >= 0.3 is 6.18 Å². The number of hydrogen-bond donors (Lipinski definition) is 0. The average Bonchev–Trinajstić information content (AvgIpc) is 3.08. The minimum atomic E-state index is -4.60. The summed E-state index contributed by atoms with van der Waals surface area (Å²) in [5, 5.41) is 7.09. The quantitative estimate of drug-likeness (QED) is 0.723. The minimum absolute atomic E-state index is 0.0918. The molecular weight excluding hydrogens is 303 g/mol. The molecule has 0 radical (unpaired) electrons. The van der Waals surface area contributed by atoms with Crippen LogP contribution in [0.2, 0.25) is 0 Å². The number of nitrogens with zero attached hydrogens (tertiary/aromatic N) is 7. The molecule has 0 aliphatic heterocycles. The van der Waals surface area contributed by atoms with E-state index in [1.54, 1.807) is 6.07 Å². The van der Waals surface area contributed by atoms with Crippen LogP contribution in [-0.2, 0) is 12.7 Å². The van der Waals surface area contributed by atoms with Gasteiger partial charge in [-0.05, 0) is 13.0 Å². The van der Waals surface area contributed by atoms with Crippen molar-refractivity contribution in [3.63, 3.8) is 0 Å². The Morgan fingerprint density at radius 3 is 2.73 bits per heavy atom. The van der Waals surface area contributed by atoms with Crippen LogP contribution >= 0.6 is 0 Å². The van der Waals surface area contributed by atoms with Crippen molar-refractivity contribution < 1.29 is 17.7 Å². The molecule has 0 atom stereocenters. The lowest BCUT2D eigenvalue weighted by Crippen LogP contribution is -2.09. The summed E-state index contributed by atoms with van der Waals surface area (Å²) in [6, 6.07) is 1.58. The summed E-state index contributed by atoms with van der Waals surface area (Å²) in [4.78, 5) is 15.1. The summed E-state index contributed by atoms with van der Waals surface area (Å²) in [5.74, 6) is -0.809. The smallest absolute Gasteiger partial charge is 0.337 e. The second-order valence-corrected chi connectivity index (χ2v) is 4.24. The third-order valence-electron chi connectivity index (χ3n) is 2.67. The number of rotatable bonds is 3. The van der Waals surface area contributed by atoms with Crippen molar-refractivity contribution in [1.29, 1.82) is 0 Å². The molecule has 0 aliphatic rings. The number of aromatic nitrogens is 7. The standard InChI is InChI=1S/C11H8F3N7O/c1-6-17-10(11(12,13)14)19-21(6)4-8-18-9(20-22-8)7-2-3-15-5-16-7/h2-3,5H,4H2,1H3. The lowest BCUT2D eigenvalue weighted by atomic mass is 10.4. The van der Waals surface area contributed by atoms with Gasteiger partial charge in [-0.2, -0.15) is 18.2 Å². The van der Waals surface area contributed by atoms with E-state index in [1.165, 1.54) is 19.4 Å². The lowest BCUT2D eigenvalue weighted by molar-refractivity contribution is -0.145. The fraction of sp³-hybridized carbons (Fsp3) is 0.273. The average molecular weight is 311 g/mol. The summed E-state index contributed by atoms with van der Waals surface area (Å²) in [6.45, 7) is 1.29. The first-order chi connectivity index (χ1) is 10.4. The van der Waals surface area contributed by atoms with Gasteiger partial charge in [0.15, 0.2) is 0 Å². The molecule has 0 fully saturated rings. The van der Waals surface area contributed by atoms with Crippen LogP contribution in [0.3, 0.4) is 0 Å². The van der Waals surface area contributed by atoms with Crippen molar-refractivity contribution in [2.45, 2.75) is 19.6 Å². The van der Waals surface area contributed by atoms with Crippen molar-refractivity contribution in [2.24, 2.45) is 0 Å². The van der Waals surface area contributed by atoms with Crippen molar-refractivity contribution >= 4 is 0 Å². The maximum Gasteiger partial charge on any atom is 0.453 e. The van der Waals surface area contributed by atoms with Crippen molar-refractivity contribution in [2.75, 3.05) is 0 Å². The van der Waals surface area contributed by atoms with E-state index < -0.39 is 12.0 Å². The number of hydrogen-bond acceptors (Lipinski definition) is 7. The van der Waals surface area contributed by atoms with Gasteiger partial charge in [-0.25, -0.2) is 19.6 Å². The number of alkyl halides is 3. The Morgan fingerprint density at radius 2 is 2.09 bits per heavy atom. The third kappa shape index (κ3) is 2.77. The Hall–Kier alpha value is -2.85. The van der Waals surface area contributed by atoms with Crippen LogP contribution in [0.1, 0.15) is 17.5 Å². The first-order valence-corrected chi connectivity index (χ1v) is 6.01. The molecule has 0 aromatic carbocycles. The van der Waals surface area contributed by atoms with E-state index in [-0.39, 0.29) is 24.1 Å². The molecule has 114 valence electrons. The monoisotopic (exact) mass is 311 g/mol. The second-order valence-electron chi connectivity index (χ2n) is 4.24. The molecule has 3 aromatic heterocycles. The molecule has 0 saturated carbocycles. The van der Waals surface area contributed by atoms with Gasteiger partial charge in [-0.3, -0.25) is 0 Å². The summed E-state index contributed by atoms with van der Waals surface area (Å²) in [6.07, 6.45) is -1.77. The molecule has 11 heteroatoms. The van der Waals surface area contributed by atoms with E-state index in [1.807, 2.05) is 0 Å². The zero-order chi connectivity index (χ0) is 15.7. The van der Waals surface area contributed by atoms with E-state index in [2.05, 4.69) is 30.2 Å². The number of aryl methyl sites for hydroxylation is 1. The van der Waals surface area contributed by atoms with Gasteiger partial charge in [0.25, 0.3) is 5.82 Å². The maximum absolute atomic E-state index is 12.5. The van der Waals surface area contributed by atoms with Crippen molar-refractivity contribution in [3.05, 3.63) is 36.1 Å². The number of halogens is 3. The van der Waals surface area contributed by atoms with Gasteiger partial charge in [-0.1, -0.05) is 5.16 Å². The molecule has 8 nitrogen and oxygen atoms in total. The second kappa shape index (κ2) is 5.16. The van der Waals surface area contributed by atoms with Gasteiger partial charge < -0.3 is 4.52 Å². The molecule has 22 heavy (non-hydrogen) atoms. The highest BCUT2D eigenvalue weighted by Crippen LogP contribution is 2.26. The first-order valence-electron chi connectivity index (χ1n) is 6.01. The van der Waals surface area contributed by atoms with E-state index in [4.69, 9.17) is 4.52 Å². The fourth-order valence-corrected chi connectivity index (χ4v) is 1.66. The molecule has 0 saturated heterocycles. The predicted molar refractivity (Wildman–Crippen MR) is 64.2 cm³/mol. The van der Waals surface area contributed by atoms with Crippen LogP contribution in [0.15, 0.2) is 23.1 Å². The zero-order valence-electron chi connectivity index (χ0n) is 11.1. The summed E-state index contributed by atoms with van der Waals surface area (Å²) >= 11 is 0. The molecule has 0 bridgehead atoms. The van der Waals surface area contributed by atoms with Gasteiger partial charge in [0, 0.05) is 6.20 Å². The molecule has 0 amide bonds. The van der Waals surface area contributed by atoms with Crippen LogP contribution in [-0.4, -0.2) is 34.9 Å². The molecule has 0 N–H and O–H groups in total. The van der Waals surface area contributed by atoms with Crippen molar-refractivity contribution in [1.82, 2.24) is 34.9 Å². The Labute approximate surface area is 121 Å². The van der Waals surface area contributed by atoms with Crippen LogP contribution in [0.5, 0.6) is 0 Å². The van der Waals surface area contributed by atoms with E-state index in [0.29, 0.717) is 5.69 Å². The highest BCUT2D eigenvalue weighted by molar-refractivity contribution is 5.46. The lowest BCUT2D eigenvalue weighted by Gasteiger charge is -1.99. The van der Waals surface area contributed by atoms with Gasteiger partial charge in [0.1, 0.15) is 24.4 Å². The van der Waals surface area contributed by atoms with Crippen LogP contribution in [0, 0.1) is 6.92 Å². The molecule has 3 heterocycles. The molecule has 3 aromatic rings. The van der Waals surface area contributed by atoms with Gasteiger partial charge in [-0.15, -0.1) is 5.10 Å². The van der Waals surface area contributed by atoms with E-state index >= 15 is 0 Å². The predicted octanol–water partition coefficient (Wildman–Crippen LogP) is 1.49. The topological polar surface area (TPSA) is 95.4 Å². The Kier molecular flexibility index (Phi) is 3.31. The minimum Gasteiger partial charge on any atom is -0.337 e. The van der Waals surface area contributed by atoms with E-state index in [9.17, 15) is 13.2 Å². The summed E-state index contributed by atoms with van der Waals surface area (Å²) in [5.41, 5.74) is 0.441. The van der Waals surface area contributed by atoms with Gasteiger partial charge in [0.05, 0.1) is 0 Å². The summed E-state index contributed by atoms with van der Waals surface area (Å²) in [7, 11) is 0. The molecule has 0 aliphatic carbocycles. The maximum atomic E-state index is 12.5. The summed E-state index contributed by atoms with van der Waals surface area (Å²) < 4.78 is 43.6. The van der Waals surface area contributed by atoms with Gasteiger partial charge in [0.2, 0.25) is 11.7 Å². The van der Waals surface area contributed by atoms with Crippen LogP contribution < -0.4 is 0 Å². The zero-order valence-corrected chi connectivity index (χ0v) is 11.1. The highest BCUT2D eigenvalue weighted by Gasteiger charge is 2.36. The third-order valence-corrected chi connectivity index (χ3v) is 2.67. The largest absolute Gasteiger partial charge is 0.453 e. The molecule has 0 unspecified atom stereocenters. The Morgan fingerprint density at radius 1 is 1.27 bits per heavy atom. The molecule has 0 spiro atoms. The normalized spacial score (nSPS) is 11.8. The first kappa shape index (κ1) is 14.1. The molecular formula is C11H8F3N7O. The SMILES string of the molecule is Cc1nc(C(F)(F)F)nn1Cc1nc(-c2ccncn2)no1. The van der Waals surface area contributed by atoms with E-state index in [0.717, 1.165) is 4.68 Å². The highest BCUT2D eigenvalue weighted by atomic mass is 19.4.